The molecule has 2 unspecified atom stereocenters. The lowest BCUT2D eigenvalue weighted by Crippen LogP contribution is -2.14. The quantitative estimate of drug-likeness (QED) is 0.872. The second-order valence-electron chi connectivity index (χ2n) is 5.37. The monoisotopic (exact) mass is 288 g/mol. The van der Waals surface area contributed by atoms with E-state index in [9.17, 15) is 9.50 Å². The van der Waals surface area contributed by atoms with Gasteiger partial charge in [0.2, 0.25) is 0 Å². The zero-order valence-corrected chi connectivity index (χ0v) is 12.4. The molecule has 0 aliphatic rings. The lowest BCUT2D eigenvalue weighted by Gasteiger charge is -2.17. The van der Waals surface area contributed by atoms with Crippen LogP contribution in [0.25, 0.3) is 0 Å². The summed E-state index contributed by atoms with van der Waals surface area (Å²) in [6, 6.07) is 14.9. The maximum absolute atomic E-state index is 13.6. The molecule has 0 aliphatic heterocycles. The first-order valence-electron chi connectivity index (χ1n) is 7.15. The van der Waals surface area contributed by atoms with Gasteiger partial charge in [-0.05, 0) is 42.0 Å². The number of methoxy groups -OCH3 is 1. The third kappa shape index (κ3) is 4.30. The molecule has 3 heteroatoms. The highest BCUT2D eigenvalue weighted by molar-refractivity contribution is 5.29. The Kier molecular flexibility index (Phi) is 5.34. The molecule has 0 saturated heterocycles. The van der Waals surface area contributed by atoms with E-state index in [-0.39, 0.29) is 11.7 Å². The largest absolute Gasteiger partial charge is 0.494 e. The lowest BCUT2D eigenvalue weighted by atomic mass is 9.92. The van der Waals surface area contributed by atoms with Crippen molar-refractivity contribution in [3.63, 3.8) is 0 Å². The molecule has 0 saturated carbocycles. The molecule has 0 heterocycles. The van der Waals surface area contributed by atoms with Crippen LogP contribution in [-0.2, 0) is 6.42 Å². The molecule has 0 bridgehead atoms. The topological polar surface area (TPSA) is 29.5 Å². The first kappa shape index (κ1) is 15.5. The molecule has 2 atom stereocenters. The fourth-order valence-corrected chi connectivity index (χ4v) is 2.52. The Morgan fingerprint density at radius 3 is 2.48 bits per heavy atom. The number of rotatable bonds is 6. The first-order chi connectivity index (χ1) is 10.1. The number of aliphatic hydroxyl groups is 1. The average Bonchev–Trinajstić information content (AvgIpc) is 2.48. The highest BCUT2D eigenvalue weighted by atomic mass is 19.1. The van der Waals surface area contributed by atoms with Crippen LogP contribution in [0.2, 0.25) is 0 Å². The second-order valence-corrected chi connectivity index (χ2v) is 5.37. The van der Waals surface area contributed by atoms with Crippen molar-refractivity contribution in [1.29, 1.82) is 0 Å². The summed E-state index contributed by atoms with van der Waals surface area (Å²) in [5, 5.41) is 10.2. The Balaban J connectivity index is 1.95. The number of hydrogen-bond donors (Lipinski definition) is 1. The van der Waals surface area contributed by atoms with Gasteiger partial charge in [0.25, 0.3) is 0 Å². The van der Waals surface area contributed by atoms with E-state index >= 15 is 0 Å². The van der Waals surface area contributed by atoms with Crippen molar-refractivity contribution >= 4 is 0 Å². The summed E-state index contributed by atoms with van der Waals surface area (Å²) < 4.78 is 18.5. The summed E-state index contributed by atoms with van der Waals surface area (Å²) in [6.45, 7) is 2.09. The zero-order chi connectivity index (χ0) is 15.2. The number of halogens is 1. The molecule has 0 aliphatic carbocycles. The maximum atomic E-state index is 13.6. The van der Waals surface area contributed by atoms with E-state index in [1.54, 1.807) is 12.1 Å². The molecule has 2 nitrogen and oxygen atoms in total. The van der Waals surface area contributed by atoms with Gasteiger partial charge in [0.1, 0.15) is 0 Å². The zero-order valence-electron chi connectivity index (χ0n) is 12.4. The van der Waals surface area contributed by atoms with Crippen LogP contribution in [0.4, 0.5) is 4.39 Å². The maximum Gasteiger partial charge on any atom is 0.165 e. The van der Waals surface area contributed by atoms with Crippen LogP contribution in [0.1, 0.15) is 30.4 Å². The summed E-state index contributed by atoms with van der Waals surface area (Å²) in [5.41, 5.74) is 1.98. The fraction of sp³-hybridized carbons (Fsp3) is 0.333. The van der Waals surface area contributed by atoms with Gasteiger partial charge in [-0.1, -0.05) is 43.3 Å². The summed E-state index contributed by atoms with van der Waals surface area (Å²) in [4.78, 5) is 0. The highest BCUT2D eigenvalue weighted by Crippen LogP contribution is 2.23. The minimum atomic E-state index is -0.493. The predicted octanol–water partition coefficient (Wildman–Crippen LogP) is 3.93. The second kappa shape index (κ2) is 7.23. The molecule has 0 amide bonds. The normalized spacial score (nSPS) is 13.7. The SMILES string of the molecule is COc1ccc(CC(O)CC(C)c2ccccc2)cc1F. The van der Waals surface area contributed by atoms with Gasteiger partial charge in [-0.2, -0.15) is 0 Å². The van der Waals surface area contributed by atoms with Crippen LogP contribution in [-0.4, -0.2) is 18.3 Å². The molecule has 21 heavy (non-hydrogen) atoms. The van der Waals surface area contributed by atoms with Crippen molar-refractivity contribution in [2.24, 2.45) is 0 Å². The molecule has 112 valence electrons. The van der Waals surface area contributed by atoms with Crippen molar-refractivity contribution in [3.05, 3.63) is 65.5 Å². The van der Waals surface area contributed by atoms with E-state index in [1.807, 2.05) is 18.2 Å². The summed E-state index contributed by atoms with van der Waals surface area (Å²) >= 11 is 0. The van der Waals surface area contributed by atoms with Gasteiger partial charge < -0.3 is 9.84 Å². The van der Waals surface area contributed by atoms with Gasteiger partial charge in [-0.25, -0.2) is 4.39 Å². The van der Waals surface area contributed by atoms with E-state index in [4.69, 9.17) is 4.74 Å². The predicted molar refractivity (Wildman–Crippen MR) is 82.1 cm³/mol. The molecule has 0 aromatic heterocycles. The van der Waals surface area contributed by atoms with Crippen molar-refractivity contribution in [2.45, 2.75) is 31.8 Å². The standard InChI is InChI=1S/C18H21FO2/c1-13(15-6-4-3-5-7-15)10-16(20)11-14-8-9-18(21-2)17(19)12-14/h3-9,12-13,16,20H,10-11H2,1-2H3. The molecule has 0 spiro atoms. The van der Waals surface area contributed by atoms with Gasteiger partial charge in [-0.15, -0.1) is 0 Å². The molecule has 1 N–H and O–H groups in total. The fourth-order valence-electron chi connectivity index (χ4n) is 2.52. The molecule has 2 aromatic carbocycles. The van der Waals surface area contributed by atoms with Crippen LogP contribution < -0.4 is 4.74 Å². The summed E-state index contributed by atoms with van der Waals surface area (Å²) in [5.74, 6) is 0.105. The Morgan fingerprint density at radius 2 is 1.86 bits per heavy atom. The van der Waals surface area contributed by atoms with Crippen molar-refractivity contribution in [1.82, 2.24) is 0 Å². The van der Waals surface area contributed by atoms with Gasteiger partial charge in [0.05, 0.1) is 13.2 Å². The van der Waals surface area contributed by atoms with Crippen molar-refractivity contribution in [3.8, 4) is 5.75 Å². The van der Waals surface area contributed by atoms with Crippen molar-refractivity contribution in [2.75, 3.05) is 7.11 Å². The number of hydrogen-bond acceptors (Lipinski definition) is 2. The number of benzene rings is 2. The van der Waals surface area contributed by atoms with Crippen LogP contribution in [0, 0.1) is 5.82 Å². The molecule has 2 aromatic rings. The molecule has 2 rings (SSSR count). The van der Waals surface area contributed by atoms with E-state index in [0.717, 1.165) is 5.56 Å². The van der Waals surface area contributed by atoms with Gasteiger partial charge in [0, 0.05) is 0 Å². The van der Waals surface area contributed by atoms with Gasteiger partial charge in [-0.3, -0.25) is 0 Å². The van der Waals surface area contributed by atoms with Crippen LogP contribution in [0.3, 0.4) is 0 Å². The van der Waals surface area contributed by atoms with Crippen molar-refractivity contribution < 1.29 is 14.2 Å². The van der Waals surface area contributed by atoms with E-state index in [0.29, 0.717) is 12.8 Å². The van der Waals surface area contributed by atoms with Crippen LogP contribution >= 0.6 is 0 Å². The third-order valence-corrected chi connectivity index (χ3v) is 3.68. The van der Waals surface area contributed by atoms with Gasteiger partial charge >= 0.3 is 0 Å². The smallest absolute Gasteiger partial charge is 0.165 e. The first-order valence-corrected chi connectivity index (χ1v) is 7.15. The van der Waals surface area contributed by atoms with Gasteiger partial charge in [0.15, 0.2) is 11.6 Å². The van der Waals surface area contributed by atoms with E-state index < -0.39 is 11.9 Å². The molecule has 0 radical (unpaired) electrons. The third-order valence-electron chi connectivity index (χ3n) is 3.68. The summed E-state index contributed by atoms with van der Waals surface area (Å²) in [7, 11) is 1.44. The molecule has 0 fully saturated rings. The Labute approximate surface area is 125 Å². The molecular formula is C18H21FO2. The summed E-state index contributed by atoms with van der Waals surface area (Å²) in [6.07, 6.45) is 0.600. The Bertz CT molecular complexity index is 569. The van der Waals surface area contributed by atoms with E-state index in [1.165, 1.54) is 18.7 Å². The Hall–Kier alpha value is -1.87. The number of ether oxygens (including phenoxy) is 1. The highest BCUT2D eigenvalue weighted by Gasteiger charge is 2.13. The van der Waals surface area contributed by atoms with Crippen LogP contribution in [0.5, 0.6) is 5.75 Å². The lowest BCUT2D eigenvalue weighted by molar-refractivity contribution is 0.157. The minimum Gasteiger partial charge on any atom is -0.494 e. The minimum absolute atomic E-state index is 0.228. The number of aliphatic hydroxyl groups excluding tert-OH is 1. The Morgan fingerprint density at radius 1 is 1.14 bits per heavy atom. The molecular weight excluding hydrogens is 267 g/mol. The van der Waals surface area contributed by atoms with E-state index in [2.05, 4.69) is 19.1 Å². The average molecular weight is 288 g/mol. The van der Waals surface area contributed by atoms with Crippen LogP contribution in [0.15, 0.2) is 48.5 Å².